The molecule has 0 radical (unpaired) electrons. The highest BCUT2D eigenvalue weighted by molar-refractivity contribution is 9.10. The molecule has 0 bridgehead atoms. The summed E-state index contributed by atoms with van der Waals surface area (Å²) in [7, 11) is 0. The number of benzene rings is 1. The van der Waals surface area contributed by atoms with Gasteiger partial charge in [0.15, 0.2) is 0 Å². The van der Waals surface area contributed by atoms with Gasteiger partial charge >= 0.3 is 0 Å². The molecule has 2 heterocycles. The molecule has 3 rings (SSSR count). The van der Waals surface area contributed by atoms with Gasteiger partial charge in [-0.3, -0.25) is 4.98 Å². The Labute approximate surface area is 149 Å². The van der Waals surface area contributed by atoms with Gasteiger partial charge in [-0.1, -0.05) is 15.9 Å². The number of hydrogen-bond donors (Lipinski definition) is 2. The molecule has 0 fully saturated rings. The minimum Gasteiger partial charge on any atom is -0.350 e. The summed E-state index contributed by atoms with van der Waals surface area (Å²) >= 11 is 3.48. The van der Waals surface area contributed by atoms with Gasteiger partial charge < -0.3 is 10.6 Å². The Morgan fingerprint density at radius 1 is 1.00 bits per heavy atom. The van der Waals surface area contributed by atoms with E-state index in [2.05, 4.69) is 54.5 Å². The van der Waals surface area contributed by atoms with E-state index in [4.69, 9.17) is 0 Å². The van der Waals surface area contributed by atoms with Gasteiger partial charge in [-0.05, 0) is 55.3 Å². The maximum Gasteiger partial charge on any atom is 0.225 e. The molecule has 0 amide bonds. The van der Waals surface area contributed by atoms with Gasteiger partial charge in [0.1, 0.15) is 5.82 Å². The zero-order valence-electron chi connectivity index (χ0n) is 13.5. The molecule has 0 aliphatic rings. The van der Waals surface area contributed by atoms with Gasteiger partial charge in [-0.2, -0.15) is 4.98 Å². The highest BCUT2D eigenvalue weighted by Gasteiger charge is 2.05. The summed E-state index contributed by atoms with van der Waals surface area (Å²) in [6.45, 7) is 4.67. The molecule has 0 saturated heterocycles. The minimum atomic E-state index is 0.601. The largest absolute Gasteiger partial charge is 0.350 e. The van der Waals surface area contributed by atoms with Gasteiger partial charge in [-0.25, -0.2) is 4.98 Å². The zero-order valence-corrected chi connectivity index (χ0v) is 15.1. The fourth-order valence-electron chi connectivity index (χ4n) is 2.30. The first-order chi connectivity index (χ1) is 11.6. The summed E-state index contributed by atoms with van der Waals surface area (Å²) < 4.78 is 1.06. The number of halogens is 1. The van der Waals surface area contributed by atoms with E-state index in [1.165, 1.54) is 0 Å². The number of rotatable bonds is 5. The van der Waals surface area contributed by atoms with Crippen LogP contribution in [0.25, 0.3) is 0 Å². The van der Waals surface area contributed by atoms with E-state index in [0.717, 1.165) is 32.8 Å². The third-order valence-electron chi connectivity index (χ3n) is 3.51. The monoisotopic (exact) mass is 383 g/mol. The lowest BCUT2D eigenvalue weighted by Gasteiger charge is -2.12. The molecule has 2 aromatic heterocycles. The van der Waals surface area contributed by atoms with Crippen molar-refractivity contribution >= 4 is 33.4 Å². The van der Waals surface area contributed by atoms with E-state index in [-0.39, 0.29) is 0 Å². The summed E-state index contributed by atoms with van der Waals surface area (Å²) in [5.41, 5.74) is 4.20. The van der Waals surface area contributed by atoms with Crippen LogP contribution in [0.15, 0.2) is 53.3 Å². The standard InChI is InChI=1S/C18H18BrN5/c1-12-9-15(19)3-4-16(12)23-17-10-13(2)22-18(24-17)21-11-14-5-7-20-8-6-14/h3-10H,11H2,1-2H3,(H2,21,22,23,24). The van der Waals surface area contributed by atoms with Gasteiger partial charge in [0, 0.05) is 40.9 Å². The van der Waals surface area contributed by atoms with Crippen molar-refractivity contribution in [1.82, 2.24) is 15.0 Å². The van der Waals surface area contributed by atoms with Crippen LogP contribution in [0.2, 0.25) is 0 Å². The molecule has 0 spiro atoms. The number of pyridine rings is 1. The average Bonchev–Trinajstić information content (AvgIpc) is 2.56. The number of anilines is 3. The van der Waals surface area contributed by atoms with Crippen LogP contribution in [0.1, 0.15) is 16.8 Å². The number of hydrogen-bond acceptors (Lipinski definition) is 5. The molecular weight excluding hydrogens is 366 g/mol. The van der Waals surface area contributed by atoms with E-state index < -0.39 is 0 Å². The van der Waals surface area contributed by atoms with Gasteiger partial charge in [-0.15, -0.1) is 0 Å². The fraction of sp³-hybridized carbons (Fsp3) is 0.167. The lowest BCUT2D eigenvalue weighted by Crippen LogP contribution is -2.06. The van der Waals surface area contributed by atoms with Crippen molar-refractivity contribution in [3.8, 4) is 0 Å². The Hall–Kier alpha value is -2.47. The second kappa shape index (κ2) is 7.40. The smallest absolute Gasteiger partial charge is 0.225 e. The average molecular weight is 384 g/mol. The normalized spacial score (nSPS) is 10.5. The summed E-state index contributed by atoms with van der Waals surface area (Å²) in [4.78, 5) is 13.0. The van der Waals surface area contributed by atoms with Crippen LogP contribution in [-0.2, 0) is 6.54 Å². The molecule has 0 aliphatic carbocycles. The van der Waals surface area contributed by atoms with Gasteiger partial charge in [0.25, 0.3) is 0 Å². The second-order valence-electron chi connectivity index (χ2n) is 5.51. The maximum absolute atomic E-state index is 4.55. The summed E-state index contributed by atoms with van der Waals surface area (Å²) in [5, 5.41) is 6.61. The topological polar surface area (TPSA) is 62.7 Å². The van der Waals surface area contributed by atoms with Crippen LogP contribution in [0, 0.1) is 13.8 Å². The Kier molecular flexibility index (Phi) is 5.05. The molecule has 0 aliphatic heterocycles. The molecule has 0 saturated carbocycles. The van der Waals surface area contributed by atoms with Crippen LogP contribution >= 0.6 is 15.9 Å². The van der Waals surface area contributed by atoms with Crippen LogP contribution in [0.3, 0.4) is 0 Å². The number of aryl methyl sites for hydroxylation is 2. The molecule has 6 heteroatoms. The van der Waals surface area contributed by atoms with Gasteiger partial charge in [0.05, 0.1) is 0 Å². The molecular formula is C18H18BrN5. The second-order valence-corrected chi connectivity index (χ2v) is 6.43. The van der Waals surface area contributed by atoms with Crippen molar-refractivity contribution in [2.75, 3.05) is 10.6 Å². The number of nitrogens with one attached hydrogen (secondary N) is 2. The maximum atomic E-state index is 4.55. The van der Waals surface area contributed by atoms with Crippen molar-refractivity contribution in [2.45, 2.75) is 20.4 Å². The molecule has 5 nitrogen and oxygen atoms in total. The van der Waals surface area contributed by atoms with Crippen molar-refractivity contribution in [2.24, 2.45) is 0 Å². The van der Waals surface area contributed by atoms with E-state index in [1.807, 2.05) is 37.3 Å². The molecule has 24 heavy (non-hydrogen) atoms. The summed E-state index contributed by atoms with van der Waals surface area (Å²) in [5.74, 6) is 1.37. The third-order valence-corrected chi connectivity index (χ3v) is 4.00. The lowest BCUT2D eigenvalue weighted by molar-refractivity contribution is 1.03. The molecule has 3 aromatic rings. The zero-order chi connectivity index (χ0) is 16.9. The Bertz CT molecular complexity index is 836. The predicted octanol–water partition coefficient (Wildman–Crippen LogP) is 4.61. The Balaban J connectivity index is 1.76. The van der Waals surface area contributed by atoms with Crippen molar-refractivity contribution in [1.29, 1.82) is 0 Å². The number of nitrogens with zero attached hydrogens (tertiary/aromatic N) is 3. The van der Waals surface area contributed by atoms with E-state index in [1.54, 1.807) is 12.4 Å². The van der Waals surface area contributed by atoms with E-state index >= 15 is 0 Å². The van der Waals surface area contributed by atoms with Crippen LogP contribution < -0.4 is 10.6 Å². The van der Waals surface area contributed by atoms with Crippen molar-refractivity contribution < 1.29 is 0 Å². The Morgan fingerprint density at radius 2 is 1.79 bits per heavy atom. The quantitative estimate of drug-likeness (QED) is 0.673. The lowest BCUT2D eigenvalue weighted by atomic mass is 10.2. The first-order valence-corrected chi connectivity index (χ1v) is 8.41. The molecule has 0 atom stereocenters. The molecule has 1 aromatic carbocycles. The van der Waals surface area contributed by atoms with E-state index in [0.29, 0.717) is 12.5 Å². The van der Waals surface area contributed by atoms with Crippen LogP contribution in [0.4, 0.5) is 17.5 Å². The highest BCUT2D eigenvalue weighted by atomic mass is 79.9. The summed E-state index contributed by atoms with van der Waals surface area (Å²) in [6, 6.07) is 12.0. The minimum absolute atomic E-state index is 0.601. The molecule has 2 N–H and O–H groups in total. The van der Waals surface area contributed by atoms with Crippen molar-refractivity contribution in [3.63, 3.8) is 0 Å². The molecule has 0 unspecified atom stereocenters. The van der Waals surface area contributed by atoms with E-state index in [9.17, 15) is 0 Å². The predicted molar refractivity (Wildman–Crippen MR) is 100 cm³/mol. The van der Waals surface area contributed by atoms with Crippen LogP contribution in [0.5, 0.6) is 0 Å². The van der Waals surface area contributed by atoms with Gasteiger partial charge in [0.2, 0.25) is 5.95 Å². The fourth-order valence-corrected chi connectivity index (χ4v) is 2.77. The first-order valence-electron chi connectivity index (χ1n) is 7.62. The SMILES string of the molecule is Cc1cc(Nc2ccc(Br)cc2C)nc(NCc2ccncc2)n1. The Morgan fingerprint density at radius 3 is 2.54 bits per heavy atom. The third kappa shape index (κ3) is 4.29. The van der Waals surface area contributed by atoms with Crippen LogP contribution in [-0.4, -0.2) is 15.0 Å². The van der Waals surface area contributed by atoms with Crippen molar-refractivity contribution in [3.05, 3.63) is 70.1 Å². The summed E-state index contributed by atoms with van der Waals surface area (Å²) in [6.07, 6.45) is 3.55. The number of aromatic nitrogens is 3. The first kappa shape index (κ1) is 16.4. The molecule has 122 valence electrons. The highest BCUT2D eigenvalue weighted by Crippen LogP contribution is 2.23.